The minimum Gasteiger partial charge on any atom is -0.370 e. The summed E-state index contributed by atoms with van der Waals surface area (Å²) in [6.07, 6.45) is 4.96. The highest BCUT2D eigenvalue weighted by molar-refractivity contribution is 5.99. The van der Waals surface area contributed by atoms with Crippen LogP contribution < -0.4 is 38.1 Å². The lowest BCUT2D eigenvalue weighted by molar-refractivity contribution is -0.130. The SMILES string of the molecule is CC(C)C/C(=C\CCNC(=O)[C@H](Cc1ccccc1)NC(=O)c1ccc(F)cc1)C(=O)N[C@@H](CCCNC(=N)N)C(=O)N[C@@H](Cc1c[nH]c2ccccc12)C(N)=O. The Morgan fingerprint density at radius 2 is 1.49 bits per heavy atom. The molecule has 302 valence electrons. The van der Waals surface area contributed by atoms with Gasteiger partial charge in [0.1, 0.15) is 23.9 Å². The number of rotatable bonds is 21. The Morgan fingerprint density at radius 1 is 0.789 bits per heavy atom. The molecule has 5 amide bonds. The summed E-state index contributed by atoms with van der Waals surface area (Å²) < 4.78 is 13.5. The van der Waals surface area contributed by atoms with Crippen molar-refractivity contribution in [2.45, 2.75) is 70.5 Å². The van der Waals surface area contributed by atoms with Crippen LogP contribution in [0.4, 0.5) is 4.39 Å². The first kappa shape index (κ1) is 43.2. The van der Waals surface area contributed by atoms with Gasteiger partial charge in [0.15, 0.2) is 5.96 Å². The third-order valence-electron chi connectivity index (χ3n) is 9.13. The Morgan fingerprint density at radius 3 is 2.18 bits per heavy atom. The first-order chi connectivity index (χ1) is 27.3. The summed E-state index contributed by atoms with van der Waals surface area (Å²) in [6, 6.07) is 18.7. The zero-order valence-electron chi connectivity index (χ0n) is 32.2. The van der Waals surface area contributed by atoms with Gasteiger partial charge in [-0.15, -0.1) is 0 Å². The lowest BCUT2D eigenvalue weighted by atomic mass is 10.00. The number of hydrogen-bond donors (Lipinski definition) is 9. The van der Waals surface area contributed by atoms with Gasteiger partial charge < -0.3 is 43.0 Å². The molecule has 3 atom stereocenters. The number of halogens is 1. The number of para-hydroxylation sites is 1. The van der Waals surface area contributed by atoms with Crippen molar-refractivity contribution in [1.29, 1.82) is 5.41 Å². The van der Waals surface area contributed by atoms with Gasteiger partial charge in [-0.3, -0.25) is 29.4 Å². The van der Waals surface area contributed by atoms with Crippen LogP contribution in [0, 0.1) is 17.1 Å². The number of guanidine groups is 1. The predicted molar refractivity (Wildman–Crippen MR) is 217 cm³/mol. The number of carbonyl (C=O) groups excluding carboxylic acids is 5. The molecule has 0 aliphatic heterocycles. The van der Waals surface area contributed by atoms with E-state index in [9.17, 15) is 28.4 Å². The molecular formula is C42H52FN9O5. The maximum atomic E-state index is 13.8. The topological polar surface area (TPSA) is 237 Å². The lowest BCUT2D eigenvalue weighted by Gasteiger charge is -2.23. The minimum absolute atomic E-state index is 0.0657. The van der Waals surface area contributed by atoms with Gasteiger partial charge in [0.05, 0.1) is 0 Å². The molecule has 0 spiro atoms. The molecule has 4 aromatic rings. The Labute approximate surface area is 331 Å². The van der Waals surface area contributed by atoms with Crippen LogP contribution in [0.1, 0.15) is 61.0 Å². The van der Waals surface area contributed by atoms with Crippen molar-refractivity contribution in [1.82, 2.24) is 31.6 Å². The maximum absolute atomic E-state index is 13.8. The van der Waals surface area contributed by atoms with E-state index in [1.165, 1.54) is 24.3 Å². The number of aromatic amines is 1. The van der Waals surface area contributed by atoms with Crippen molar-refractivity contribution in [3.05, 3.63) is 119 Å². The molecule has 14 nitrogen and oxygen atoms in total. The van der Waals surface area contributed by atoms with Crippen LogP contribution in [0.5, 0.6) is 0 Å². The summed E-state index contributed by atoms with van der Waals surface area (Å²) in [5.41, 5.74) is 14.2. The number of H-pyrrole nitrogens is 1. The Bertz CT molecular complexity index is 2030. The summed E-state index contributed by atoms with van der Waals surface area (Å²) in [5, 5.41) is 22.2. The van der Waals surface area contributed by atoms with Crippen LogP contribution in [0.2, 0.25) is 0 Å². The number of nitrogens with two attached hydrogens (primary N) is 2. The zero-order valence-corrected chi connectivity index (χ0v) is 32.2. The second-order valence-corrected chi connectivity index (χ2v) is 14.2. The van der Waals surface area contributed by atoms with Gasteiger partial charge in [0.2, 0.25) is 23.6 Å². The summed E-state index contributed by atoms with van der Waals surface area (Å²) >= 11 is 0. The fourth-order valence-corrected chi connectivity index (χ4v) is 6.24. The van der Waals surface area contributed by atoms with Crippen molar-refractivity contribution in [2.24, 2.45) is 17.4 Å². The molecule has 0 bridgehead atoms. The summed E-state index contributed by atoms with van der Waals surface area (Å²) in [6.45, 7) is 4.30. The van der Waals surface area contributed by atoms with Crippen molar-refractivity contribution in [3.8, 4) is 0 Å². The third-order valence-corrected chi connectivity index (χ3v) is 9.13. The Balaban J connectivity index is 1.44. The average molecular weight is 782 g/mol. The molecule has 11 N–H and O–H groups in total. The van der Waals surface area contributed by atoms with E-state index in [4.69, 9.17) is 16.9 Å². The zero-order chi connectivity index (χ0) is 41.3. The lowest BCUT2D eigenvalue weighted by Crippen LogP contribution is -2.54. The van der Waals surface area contributed by atoms with Gasteiger partial charge in [-0.25, -0.2) is 4.39 Å². The summed E-state index contributed by atoms with van der Waals surface area (Å²) in [4.78, 5) is 69.6. The largest absolute Gasteiger partial charge is 0.370 e. The molecule has 57 heavy (non-hydrogen) atoms. The van der Waals surface area contributed by atoms with E-state index in [0.717, 1.165) is 22.0 Å². The van der Waals surface area contributed by atoms with E-state index in [2.05, 4.69) is 31.6 Å². The number of nitrogens with one attached hydrogen (secondary N) is 7. The van der Waals surface area contributed by atoms with E-state index in [1.54, 1.807) is 12.3 Å². The molecule has 4 rings (SSSR count). The highest BCUT2D eigenvalue weighted by Crippen LogP contribution is 2.19. The average Bonchev–Trinajstić information content (AvgIpc) is 3.59. The number of benzene rings is 3. The molecule has 0 aliphatic carbocycles. The molecular weight excluding hydrogens is 730 g/mol. The van der Waals surface area contributed by atoms with Crippen molar-refractivity contribution >= 4 is 46.4 Å². The third kappa shape index (κ3) is 13.9. The van der Waals surface area contributed by atoms with Crippen LogP contribution >= 0.6 is 0 Å². The minimum atomic E-state index is -1.06. The van der Waals surface area contributed by atoms with Gasteiger partial charge >= 0.3 is 0 Å². The van der Waals surface area contributed by atoms with Crippen LogP contribution in [-0.4, -0.2) is 71.7 Å². The molecule has 0 aliphatic rings. The van der Waals surface area contributed by atoms with E-state index >= 15 is 0 Å². The summed E-state index contributed by atoms with van der Waals surface area (Å²) in [5.74, 6) is -3.45. The maximum Gasteiger partial charge on any atom is 0.251 e. The second kappa shape index (κ2) is 21.5. The molecule has 0 unspecified atom stereocenters. The molecule has 0 fully saturated rings. The molecule has 0 saturated heterocycles. The van der Waals surface area contributed by atoms with E-state index in [-0.39, 0.29) is 56.2 Å². The normalized spacial score (nSPS) is 12.9. The first-order valence-corrected chi connectivity index (χ1v) is 18.9. The number of hydrogen-bond acceptors (Lipinski definition) is 6. The van der Waals surface area contributed by atoms with Crippen LogP contribution in [0.3, 0.4) is 0 Å². The molecule has 1 aromatic heterocycles. The molecule has 1 heterocycles. The number of amides is 5. The molecule has 3 aromatic carbocycles. The standard InChI is InChI=1S/C42H52FN9O5/c1-26(2)22-29(12-8-20-47-40(56)36(23-27-10-4-3-5-11-27)52-38(54)28-16-18-31(43)19-17-28)39(55)50-34(15-9-21-48-42(45)46)41(57)51-35(37(44)53)24-30-25-49-33-14-7-6-13-32(30)33/h3-7,10-14,16-19,25-26,34-36,49H,8-9,15,20-24H2,1-2H3,(H2,44,53)(H,47,56)(H,50,55)(H,51,57)(H,52,54)(H4,45,46,48)/b29-12+/t34-,35-,36-/m0/s1. The first-order valence-electron chi connectivity index (χ1n) is 18.9. The van der Waals surface area contributed by atoms with Crippen LogP contribution in [-0.2, 0) is 32.0 Å². The highest BCUT2D eigenvalue weighted by Gasteiger charge is 2.28. The van der Waals surface area contributed by atoms with Gasteiger partial charge in [0, 0.05) is 54.2 Å². The van der Waals surface area contributed by atoms with Crippen molar-refractivity contribution in [2.75, 3.05) is 13.1 Å². The molecule has 0 radical (unpaired) electrons. The fourth-order valence-electron chi connectivity index (χ4n) is 6.24. The second-order valence-electron chi connectivity index (χ2n) is 14.2. The van der Waals surface area contributed by atoms with Crippen LogP contribution in [0.15, 0.2) is 96.7 Å². The number of carbonyl (C=O) groups is 5. The summed E-state index contributed by atoms with van der Waals surface area (Å²) in [7, 11) is 0. The predicted octanol–water partition coefficient (Wildman–Crippen LogP) is 3.09. The van der Waals surface area contributed by atoms with E-state index in [0.29, 0.717) is 18.4 Å². The van der Waals surface area contributed by atoms with Gasteiger partial charge in [0.25, 0.3) is 5.91 Å². The fraction of sp³-hybridized carbons (Fsp3) is 0.333. The monoisotopic (exact) mass is 781 g/mol. The molecule has 15 heteroatoms. The highest BCUT2D eigenvalue weighted by atomic mass is 19.1. The van der Waals surface area contributed by atoms with Crippen molar-refractivity contribution in [3.63, 3.8) is 0 Å². The van der Waals surface area contributed by atoms with Gasteiger partial charge in [-0.1, -0.05) is 68.5 Å². The Hall–Kier alpha value is -6.51. The smallest absolute Gasteiger partial charge is 0.251 e. The van der Waals surface area contributed by atoms with Crippen LogP contribution in [0.25, 0.3) is 10.9 Å². The van der Waals surface area contributed by atoms with E-state index < -0.39 is 53.5 Å². The quantitative estimate of drug-likeness (QED) is 0.0265. The van der Waals surface area contributed by atoms with Gasteiger partial charge in [-0.2, -0.15) is 0 Å². The number of aromatic nitrogens is 1. The molecule has 0 saturated carbocycles. The van der Waals surface area contributed by atoms with Crippen molar-refractivity contribution < 1.29 is 28.4 Å². The Kier molecular flexibility index (Phi) is 16.3. The van der Waals surface area contributed by atoms with Gasteiger partial charge in [-0.05, 0) is 73.1 Å². The number of primary amides is 1. The number of fused-ring (bicyclic) bond motifs is 1. The van der Waals surface area contributed by atoms with E-state index in [1.807, 2.05) is 68.4 Å².